The third-order valence-corrected chi connectivity index (χ3v) is 3.67. The molecule has 1 aliphatic rings. The predicted octanol–water partition coefficient (Wildman–Crippen LogP) is -1.78. The number of imidazole rings is 1. The topological polar surface area (TPSA) is 145 Å². The maximum Gasteiger partial charge on any atom is 0.196 e. The predicted molar refractivity (Wildman–Crippen MR) is 68.5 cm³/mol. The van der Waals surface area contributed by atoms with Crippen molar-refractivity contribution in [2.75, 3.05) is 12.3 Å². The number of nitrogens with two attached hydrogens (primary N) is 2. The molecule has 20 heavy (non-hydrogen) atoms. The standard InChI is InChI=1S/C11H16N6O3/c1-11(13)7(19)6(3-18)20-8(11)5-2-14-10-9(12)15-4-16-17(5)10/h2,4,6-8,18-19H,3,13H2,1H3,(H2,12,15,16)/t6-,7-,8+,11-/m1/s1. The molecule has 0 saturated carbocycles. The molecule has 4 atom stereocenters. The first-order valence-electron chi connectivity index (χ1n) is 6.14. The Morgan fingerprint density at radius 1 is 1.50 bits per heavy atom. The lowest BCUT2D eigenvalue weighted by Crippen LogP contribution is -2.51. The number of nitrogens with zero attached hydrogens (tertiary/aromatic N) is 4. The quantitative estimate of drug-likeness (QED) is 0.505. The SMILES string of the molecule is C[C@@]1(N)[C@H](O)[C@@H](CO)O[C@H]1c1cnc2c(N)ncnn12. The molecule has 9 heteroatoms. The van der Waals surface area contributed by atoms with Crippen LogP contribution in [-0.4, -0.2) is 54.1 Å². The molecular weight excluding hydrogens is 264 g/mol. The van der Waals surface area contributed by atoms with Crippen molar-refractivity contribution in [2.24, 2.45) is 5.73 Å². The number of aliphatic hydroxyl groups excluding tert-OH is 2. The van der Waals surface area contributed by atoms with Gasteiger partial charge in [-0.1, -0.05) is 0 Å². The molecule has 108 valence electrons. The summed E-state index contributed by atoms with van der Waals surface area (Å²) < 4.78 is 7.12. The number of hydrogen-bond acceptors (Lipinski definition) is 8. The Morgan fingerprint density at radius 3 is 2.90 bits per heavy atom. The van der Waals surface area contributed by atoms with Gasteiger partial charge in [0.25, 0.3) is 0 Å². The summed E-state index contributed by atoms with van der Waals surface area (Å²) in [6.07, 6.45) is 0.416. The lowest BCUT2D eigenvalue weighted by atomic mass is 9.88. The minimum absolute atomic E-state index is 0.238. The van der Waals surface area contributed by atoms with Crippen LogP contribution < -0.4 is 11.5 Å². The van der Waals surface area contributed by atoms with Crippen LogP contribution >= 0.6 is 0 Å². The molecule has 0 spiro atoms. The number of rotatable bonds is 2. The Kier molecular flexibility index (Phi) is 2.87. The van der Waals surface area contributed by atoms with Crippen molar-refractivity contribution in [3.05, 3.63) is 18.2 Å². The second kappa shape index (κ2) is 4.35. The van der Waals surface area contributed by atoms with E-state index in [1.54, 1.807) is 6.92 Å². The fourth-order valence-electron chi connectivity index (χ4n) is 2.51. The fourth-order valence-corrected chi connectivity index (χ4v) is 2.51. The highest BCUT2D eigenvalue weighted by molar-refractivity contribution is 5.59. The van der Waals surface area contributed by atoms with Gasteiger partial charge in [0.1, 0.15) is 24.6 Å². The molecule has 1 fully saturated rings. The van der Waals surface area contributed by atoms with E-state index >= 15 is 0 Å². The van der Waals surface area contributed by atoms with E-state index in [2.05, 4.69) is 15.1 Å². The van der Waals surface area contributed by atoms with Crippen LogP contribution in [0.3, 0.4) is 0 Å². The zero-order valence-corrected chi connectivity index (χ0v) is 10.8. The number of anilines is 1. The van der Waals surface area contributed by atoms with Crippen LogP contribution in [0, 0.1) is 0 Å². The van der Waals surface area contributed by atoms with Crippen LogP contribution in [0.1, 0.15) is 18.7 Å². The summed E-state index contributed by atoms with van der Waals surface area (Å²) >= 11 is 0. The van der Waals surface area contributed by atoms with Gasteiger partial charge < -0.3 is 26.4 Å². The van der Waals surface area contributed by atoms with Gasteiger partial charge >= 0.3 is 0 Å². The number of aliphatic hydroxyl groups is 2. The molecule has 2 aromatic heterocycles. The van der Waals surface area contributed by atoms with Crippen molar-refractivity contribution in [2.45, 2.75) is 30.8 Å². The Bertz CT molecular complexity index is 642. The smallest absolute Gasteiger partial charge is 0.196 e. The molecule has 1 saturated heterocycles. The van der Waals surface area contributed by atoms with E-state index in [9.17, 15) is 10.2 Å². The first kappa shape index (κ1) is 13.2. The summed E-state index contributed by atoms with van der Waals surface area (Å²) in [5.41, 5.74) is 11.7. The van der Waals surface area contributed by atoms with Gasteiger partial charge in [0.05, 0.1) is 24.0 Å². The van der Waals surface area contributed by atoms with Crippen LogP contribution in [0.15, 0.2) is 12.5 Å². The number of aromatic nitrogens is 4. The van der Waals surface area contributed by atoms with E-state index in [-0.39, 0.29) is 12.4 Å². The normalized spacial score (nSPS) is 33.9. The van der Waals surface area contributed by atoms with Crippen LogP contribution in [-0.2, 0) is 4.74 Å². The molecule has 0 aliphatic carbocycles. The molecule has 0 unspecified atom stereocenters. The van der Waals surface area contributed by atoms with E-state index in [0.717, 1.165) is 0 Å². The third-order valence-electron chi connectivity index (χ3n) is 3.67. The van der Waals surface area contributed by atoms with Crippen LogP contribution in [0.2, 0.25) is 0 Å². The van der Waals surface area contributed by atoms with Crippen LogP contribution in [0.5, 0.6) is 0 Å². The molecule has 0 bridgehead atoms. The minimum Gasteiger partial charge on any atom is -0.394 e. The van der Waals surface area contributed by atoms with E-state index < -0.39 is 23.9 Å². The monoisotopic (exact) mass is 280 g/mol. The molecule has 0 aromatic carbocycles. The molecule has 3 rings (SSSR count). The summed E-state index contributed by atoms with van der Waals surface area (Å²) in [4.78, 5) is 7.99. The van der Waals surface area contributed by atoms with Gasteiger partial charge in [0.2, 0.25) is 0 Å². The highest BCUT2D eigenvalue weighted by atomic mass is 16.5. The summed E-state index contributed by atoms with van der Waals surface area (Å²) in [5.74, 6) is 0.238. The van der Waals surface area contributed by atoms with E-state index in [1.165, 1.54) is 17.0 Å². The first-order chi connectivity index (χ1) is 9.46. The summed E-state index contributed by atoms with van der Waals surface area (Å²) in [6.45, 7) is 1.33. The van der Waals surface area contributed by atoms with Gasteiger partial charge in [-0.2, -0.15) is 5.10 Å². The second-order valence-electron chi connectivity index (χ2n) is 5.11. The molecule has 2 aromatic rings. The maximum atomic E-state index is 10.1. The summed E-state index contributed by atoms with van der Waals surface area (Å²) in [7, 11) is 0. The third kappa shape index (κ3) is 1.68. The largest absolute Gasteiger partial charge is 0.394 e. The highest BCUT2D eigenvalue weighted by Crippen LogP contribution is 2.39. The Balaban J connectivity index is 2.10. The van der Waals surface area contributed by atoms with Crippen molar-refractivity contribution in [3.63, 3.8) is 0 Å². The zero-order valence-electron chi connectivity index (χ0n) is 10.8. The molecule has 1 aliphatic heterocycles. The lowest BCUT2D eigenvalue weighted by molar-refractivity contribution is -0.0241. The minimum atomic E-state index is -1.08. The van der Waals surface area contributed by atoms with E-state index in [0.29, 0.717) is 11.3 Å². The Hall–Kier alpha value is -1.81. The van der Waals surface area contributed by atoms with Crippen molar-refractivity contribution >= 4 is 11.5 Å². The van der Waals surface area contributed by atoms with Crippen molar-refractivity contribution < 1.29 is 14.9 Å². The van der Waals surface area contributed by atoms with Gasteiger partial charge in [-0.25, -0.2) is 14.5 Å². The van der Waals surface area contributed by atoms with E-state index in [1.807, 2.05) is 0 Å². The number of hydrogen-bond donors (Lipinski definition) is 4. The Labute approximate surface area is 114 Å². The molecular formula is C11H16N6O3. The molecule has 6 N–H and O–H groups in total. The summed E-state index contributed by atoms with van der Waals surface area (Å²) in [6, 6.07) is 0. The van der Waals surface area contributed by atoms with Gasteiger partial charge in [0, 0.05) is 0 Å². The number of nitrogen functional groups attached to an aromatic ring is 1. The van der Waals surface area contributed by atoms with Gasteiger partial charge in [0.15, 0.2) is 11.5 Å². The van der Waals surface area contributed by atoms with Crippen molar-refractivity contribution in [3.8, 4) is 0 Å². The molecule has 3 heterocycles. The molecule has 0 radical (unpaired) electrons. The highest BCUT2D eigenvalue weighted by Gasteiger charge is 2.52. The van der Waals surface area contributed by atoms with Gasteiger partial charge in [-0.3, -0.25) is 0 Å². The number of fused-ring (bicyclic) bond motifs is 1. The fraction of sp³-hybridized carbons (Fsp3) is 0.545. The zero-order chi connectivity index (χ0) is 14.5. The van der Waals surface area contributed by atoms with Crippen molar-refractivity contribution in [1.82, 2.24) is 19.6 Å². The average molecular weight is 280 g/mol. The number of ether oxygens (including phenoxy) is 1. The Morgan fingerprint density at radius 2 is 2.25 bits per heavy atom. The summed E-state index contributed by atoms with van der Waals surface area (Å²) in [5, 5.41) is 23.4. The average Bonchev–Trinajstić information content (AvgIpc) is 2.92. The maximum absolute atomic E-state index is 10.1. The van der Waals surface area contributed by atoms with Crippen molar-refractivity contribution in [1.29, 1.82) is 0 Å². The van der Waals surface area contributed by atoms with Crippen LogP contribution in [0.25, 0.3) is 5.65 Å². The van der Waals surface area contributed by atoms with Gasteiger partial charge in [-0.15, -0.1) is 0 Å². The first-order valence-corrected chi connectivity index (χ1v) is 6.14. The molecule has 0 amide bonds. The second-order valence-corrected chi connectivity index (χ2v) is 5.11. The van der Waals surface area contributed by atoms with Crippen LogP contribution in [0.4, 0.5) is 5.82 Å². The van der Waals surface area contributed by atoms with Gasteiger partial charge in [-0.05, 0) is 6.92 Å². The molecule has 9 nitrogen and oxygen atoms in total. The van der Waals surface area contributed by atoms with E-state index in [4.69, 9.17) is 16.2 Å². The lowest BCUT2D eigenvalue weighted by Gasteiger charge is -2.27.